The number of benzene rings is 2. The summed E-state index contributed by atoms with van der Waals surface area (Å²) in [6, 6.07) is 8.91. The van der Waals surface area contributed by atoms with E-state index in [9.17, 15) is 18.0 Å². The van der Waals surface area contributed by atoms with Crippen LogP contribution in [0.4, 0.5) is 5.69 Å². The molecule has 35 heavy (non-hydrogen) atoms. The van der Waals surface area contributed by atoms with Crippen LogP contribution in [0.3, 0.4) is 0 Å². The van der Waals surface area contributed by atoms with Crippen molar-refractivity contribution in [2.24, 2.45) is 0 Å². The standard InChI is InChI=1S/C23H27BrCl3N3O4S/c1-5-14(2)28-23(32)15(3)29(12-16-6-8-17(24)9-7-16)22(31)13-30(35(4,33)34)21-11-19(26)18(25)10-20(21)27/h6-11,14-15H,5,12-13H2,1-4H3,(H,28,32)/t14-,15+/m0/s1. The topological polar surface area (TPSA) is 86.8 Å². The molecule has 2 aromatic carbocycles. The maximum Gasteiger partial charge on any atom is 0.244 e. The van der Waals surface area contributed by atoms with E-state index in [-0.39, 0.29) is 39.2 Å². The molecule has 2 atom stereocenters. The van der Waals surface area contributed by atoms with Crippen LogP contribution in [-0.2, 0) is 26.2 Å². The highest BCUT2D eigenvalue weighted by atomic mass is 79.9. The molecule has 0 aromatic heterocycles. The maximum atomic E-state index is 13.5. The van der Waals surface area contributed by atoms with Crippen LogP contribution in [-0.4, -0.2) is 50.0 Å². The first-order valence-corrected chi connectivity index (χ1v) is 14.5. The Balaban J connectivity index is 2.45. The minimum absolute atomic E-state index is 0.0113. The Morgan fingerprint density at radius 1 is 1.03 bits per heavy atom. The second kappa shape index (κ2) is 12.6. The molecule has 0 saturated carbocycles. The second-order valence-corrected chi connectivity index (χ2v) is 12.2. The normalized spacial score (nSPS) is 13.1. The van der Waals surface area contributed by atoms with Gasteiger partial charge in [-0.15, -0.1) is 0 Å². The fourth-order valence-electron chi connectivity index (χ4n) is 3.13. The molecule has 1 N–H and O–H groups in total. The van der Waals surface area contributed by atoms with E-state index in [0.717, 1.165) is 27.0 Å². The van der Waals surface area contributed by atoms with Crippen molar-refractivity contribution >= 4 is 78.3 Å². The van der Waals surface area contributed by atoms with Gasteiger partial charge in [-0.25, -0.2) is 8.42 Å². The zero-order chi connectivity index (χ0) is 26.5. The van der Waals surface area contributed by atoms with Crippen molar-refractivity contribution in [2.45, 2.75) is 45.8 Å². The van der Waals surface area contributed by atoms with Crippen LogP contribution in [0.15, 0.2) is 40.9 Å². The van der Waals surface area contributed by atoms with Crippen LogP contribution in [0.1, 0.15) is 32.8 Å². The number of rotatable bonds is 10. The summed E-state index contributed by atoms with van der Waals surface area (Å²) in [6.45, 7) is 4.90. The fraction of sp³-hybridized carbons (Fsp3) is 0.391. The molecule has 7 nitrogen and oxygen atoms in total. The molecule has 0 saturated heterocycles. The highest BCUT2D eigenvalue weighted by Crippen LogP contribution is 2.35. The first-order chi connectivity index (χ1) is 16.2. The van der Waals surface area contributed by atoms with Gasteiger partial charge in [-0.2, -0.15) is 0 Å². The molecule has 2 amide bonds. The SMILES string of the molecule is CC[C@H](C)NC(=O)[C@@H](C)N(Cc1ccc(Br)cc1)C(=O)CN(c1cc(Cl)c(Cl)cc1Cl)S(C)(=O)=O. The fourth-order valence-corrected chi connectivity index (χ4v) is 4.94. The zero-order valence-corrected chi connectivity index (χ0v) is 24.4. The van der Waals surface area contributed by atoms with Gasteiger partial charge >= 0.3 is 0 Å². The summed E-state index contributed by atoms with van der Waals surface area (Å²) in [5.74, 6) is -0.935. The van der Waals surface area contributed by atoms with E-state index in [1.54, 1.807) is 6.92 Å². The van der Waals surface area contributed by atoms with Gasteiger partial charge in [0, 0.05) is 17.1 Å². The predicted molar refractivity (Wildman–Crippen MR) is 146 cm³/mol. The maximum absolute atomic E-state index is 13.5. The van der Waals surface area contributed by atoms with E-state index >= 15 is 0 Å². The summed E-state index contributed by atoms with van der Waals surface area (Å²) in [6.07, 6.45) is 1.67. The summed E-state index contributed by atoms with van der Waals surface area (Å²) in [5.41, 5.74) is 0.778. The van der Waals surface area contributed by atoms with E-state index in [4.69, 9.17) is 34.8 Å². The molecule has 0 aliphatic heterocycles. The number of carbonyl (C=O) groups excluding carboxylic acids is 2. The first kappa shape index (κ1) is 29.7. The molecule has 0 spiro atoms. The number of hydrogen-bond donors (Lipinski definition) is 1. The third kappa shape index (κ3) is 8.25. The summed E-state index contributed by atoms with van der Waals surface area (Å²) in [7, 11) is -3.95. The second-order valence-electron chi connectivity index (χ2n) is 8.13. The van der Waals surface area contributed by atoms with Crippen LogP contribution >= 0.6 is 50.7 Å². The van der Waals surface area contributed by atoms with Crippen molar-refractivity contribution in [1.82, 2.24) is 10.2 Å². The molecule has 12 heteroatoms. The summed E-state index contributed by atoms with van der Waals surface area (Å²) >= 11 is 21.7. The van der Waals surface area contributed by atoms with Crippen LogP contribution < -0.4 is 9.62 Å². The van der Waals surface area contributed by atoms with Crippen LogP contribution in [0.25, 0.3) is 0 Å². The Kier molecular flexibility index (Phi) is 10.7. The lowest BCUT2D eigenvalue weighted by atomic mass is 10.1. The molecule has 0 bridgehead atoms. The smallest absolute Gasteiger partial charge is 0.244 e. The van der Waals surface area contributed by atoms with Crippen molar-refractivity contribution in [1.29, 1.82) is 0 Å². The van der Waals surface area contributed by atoms with Crippen molar-refractivity contribution in [3.63, 3.8) is 0 Å². The minimum atomic E-state index is -3.95. The number of nitrogens with zero attached hydrogens (tertiary/aromatic N) is 2. The monoisotopic (exact) mass is 625 g/mol. The van der Waals surface area contributed by atoms with Gasteiger partial charge < -0.3 is 10.2 Å². The highest BCUT2D eigenvalue weighted by molar-refractivity contribution is 9.10. The highest BCUT2D eigenvalue weighted by Gasteiger charge is 2.31. The van der Waals surface area contributed by atoms with E-state index in [2.05, 4.69) is 21.2 Å². The van der Waals surface area contributed by atoms with Gasteiger partial charge in [0.1, 0.15) is 12.6 Å². The lowest BCUT2D eigenvalue weighted by Crippen LogP contribution is -2.52. The van der Waals surface area contributed by atoms with Gasteiger partial charge in [0.15, 0.2) is 0 Å². The van der Waals surface area contributed by atoms with Crippen molar-refractivity contribution in [3.05, 3.63) is 61.5 Å². The average molecular weight is 628 g/mol. The third-order valence-corrected chi connectivity index (χ3v) is 8.05. The number of hydrogen-bond acceptors (Lipinski definition) is 4. The Bertz CT molecular complexity index is 1180. The summed E-state index contributed by atoms with van der Waals surface area (Å²) in [4.78, 5) is 27.8. The number of amides is 2. The molecule has 0 fully saturated rings. The van der Waals surface area contributed by atoms with Crippen LogP contribution in [0, 0.1) is 0 Å². The summed E-state index contributed by atoms with van der Waals surface area (Å²) in [5, 5.41) is 3.12. The van der Waals surface area contributed by atoms with Gasteiger partial charge in [0.25, 0.3) is 0 Å². The molecular weight excluding hydrogens is 601 g/mol. The van der Waals surface area contributed by atoms with Crippen molar-refractivity contribution in [3.8, 4) is 0 Å². The third-order valence-electron chi connectivity index (χ3n) is 5.37. The zero-order valence-electron chi connectivity index (χ0n) is 19.7. The molecule has 192 valence electrons. The first-order valence-electron chi connectivity index (χ1n) is 10.7. The minimum Gasteiger partial charge on any atom is -0.352 e. The van der Waals surface area contributed by atoms with Gasteiger partial charge in [0.2, 0.25) is 21.8 Å². The van der Waals surface area contributed by atoms with Crippen molar-refractivity contribution < 1.29 is 18.0 Å². The van der Waals surface area contributed by atoms with Gasteiger partial charge in [-0.1, -0.05) is 69.8 Å². The molecular formula is C23H27BrCl3N3O4S. The van der Waals surface area contributed by atoms with Gasteiger partial charge in [-0.05, 0) is 50.1 Å². The predicted octanol–water partition coefficient (Wildman–Crippen LogP) is 5.51. The molecule has 0 heterocycles. The van der Waals surface area contributed by atoms with Gasteiger partial charge in [-0.3, -0.25) is 13.9 Å². The number of anilines is 1. The van der Waals surface area contributed by atoms with Crippen molar-refractivity contribution in [2.75, 3.05) is 17.1 Å². The Morgan fingerprint density at radius 2 is 1.60 bits per heavy atom. The number of nitrogens with one attached hydrogen (secondary N) is 1. The van der Waals surface area contributed by atoms with Gasteiger partial charge in [0.05, 0.1) is 27.0 Å². The molecule has 2 aromatic rings. The van der Waals surface area contributed by atoms with Crippen LogP contribution in [0.2, 0.25) is 15.1 Å². The lowest BCUT2D eigenvalue weighted by molar-refractivity contribution is -0.139. The molecule has 0 aliphatic carbocycles. The molecule has 0 aliphatic rings. The molecule has 2 rings (SSSR count). The van der Waals surface area contributed by atoms with E-state index < -0.39 is 28.5 Å². The quantitative estimate of drug-likeness (QED) is 0.352. The lowest BCUT2D eigenvalue weighted by Gasteiger charge is -2.32. The molecule has 0 unspecified atom stereocenters. The molecule has 0 radical (unpaired) electrons. The Morgan fingerprint density at radius 3 is 2.14 bits per heavy atom. The number of sulfonamides is 1. The van der Waals surface area contributed by atoms with E-state index in [1.807, 2.05) is 38.1 Å². The Hall–Kier alpha value is -1.52. The number of halogens is 4. The average Bonchev–Trinajstić information content (AvgIpc) is 2.78. The summed E-state index contributed by atoms with van der Waals surface area (Å²) < 4.78 is 27.0. The largest absolute Gasteiger partial charge is 0.352 e. The van der Waals surface area contributed by atoms with E-state index in [0.29, 0.717) is 0 Å². The van der Waals surface area contributed by atoms with Crippen LogP contribution in [0.5, 0.6) is 0 Å². The number of carbonyl (C=O) groups is 2. The Labute approximate surface area is 229 Å². The van der Waals surface area contributed by atoms with E-state index in [1.165, 1.54) is 17.0 Å².